The SMILES string of the molecule is NC(N)=Nc1ccc2c(c1)CCCOc1c(CCC(=O)C[C@@H](CCC(=O)O)C(=O)O)cccc1OC2=O. The molecule has 6 N–H and O–H groups in total. The van der Waals surface area contributed by atoms with E-state index in [1.165, 1.54) is 0 Å². The van der Waals surface area contributed by atoms with Crippen molar-refractivity contribution >= 4 is 35.3 Å². The van der Waals surface area contributed by atoms with Gasteiger partial charge in [-0.2, -0.15) is 0 Å². The Morgan fingerprint density at radius 1 is 1.08 bits per heavy atom. The van der Waals surface area contributed by atoms with Crippen molar-refractivity contribution in [2.24, 2.45) is 22.4 Å². The molecular weight excluding hydrogens is 482 g/mol. The Bertz CT molecular complexity index is 1220. The van der Waals surface area contributed by atoms with Crippen molar-refractivity contribution in [3.63, 3.8) is 0 Å². The fourth-order valence-electron chi connectivity index (χ4n) is 4.06. The van der Waals surface area contributed by atoms with Crippen LogP contribution in [-0.4, -0.2) is 46.5 Å². The largest absolute Gasteiger partial charge is 0.489 e. The number of benzene rings is 2. The van der Waals surface area contributed by atoms with Crippen LogP contribution in [0.5, 0.6) is 11.5 Å². The minimum Gasteiger partial charge on any atom is -0.489 e. The monoisotopic (exact) mass is 511 g/mol. The molecule has 2 aromatic carbocycles. The van der Waals surface area contributed by atoms with Gasteiger partial charge in [-0.15, -0.1) is 0 Å². The van der Waals surface area contributed by atoms with Crippen LogP contribution in [-0.2, 0) is 27.2 Å². The number of fused-ring (bicyclic) bond motifs is 2. The zero-order valence-corrected chi connectivity index (χ0v) is 20.1. The van der Waals surface area contributed by atoms with E-state index in [0.29, 0.717) is 42.0 Å². The Morgan fingerprint density at radius 3 is 2.57 bits per heavy atom. The fourth-order valence-corrected chi connectivity index (χ4v) is 4.06. The molecule has 0 saturated carbocycles. The van der Waals surface area contributed by atoms with E-state index in [1.807, 2.05) is 0 Å². The van der Waals surface area contributed by atoms with Gasteiger partial charge in [-0.25, -0.2) is 9.79 Å². The van der Waals surface area contributed by atoms with Crippen LogP contribution >= 0.6 is 0 Å². The molecular formula is C26H29N3O8. The van der Waals surface area contributed by atoms with Crippen LogP contribution in [0.4, 0.5) is 5.69 Å². The maximum absolute atomic E-state index is 13.0. The van der Waals surface area contributed by atoms with Crippen LogP contribution in [0, 0.1) is 5.92 Å². The van der Waals surface area contributed by atoms with Gasteiger partial charge in [0.2, 0.25) is 0 Å². The molecule has 0 unspecified atom stereocenters. The molecule has 0 bridgehead atoms. The van der Waals surface area contributed by atoms with Gasteiger partial charge in [-0.3, -0.25) is 14.4 Å². The van der Waals surface area contributed by atoms with Gasteiger partial charge < -0.3 is 31.2 Å². The highest BCUT2D eigenvalue weighted by molar-refractivity contribution is 5.94. The first-order valence-electron chi connectivity index (χ1n) is 11.8. The number of aryl methyl sites for hydroxylation is 2. The molecule has 1 atom stereocenters. The third-order valence-electron chi connectivity index (χ3n) is 5.87. The lowest BCUT2D eigenvalue weighted by Gasteiger charge is -2.19. The Kier molecular flexibility index (Phi) is 9.20. The highest BCUT2D eigenvalue weighted by atomic mass is 16.6. The van der Waals surface area contributed by atoms with Crippen LogP contribution in [0.2, 0.25) is 0 Å². The molecule has 0 saturated heterocycles. The summed E-state index contributed by atoms with van der Waals surface area (Å²) in [5.41, 5.74) is 13.2. The molecule has 0 aromatic heterocycles. The normalized spacial score (nSPS) is 13.7. The molecule has 1 heterocycles. The van der Waals surface area contributed by atoms with Crippen LogP contribution in [0.15, 0.2) is 41.4 Å². The number of rotatable bonds is 10. The molecule has 11 heteroatoms. The molecule has 0 spiro atoms. The van der Waals surface area contributed by atoms with Crippen LogP contribution < -0.4 is 20.9 Å². The number of aliphatic carboxylic acids is 2. The maximum Gasteiger partial charge on any atom is 0.343 e. The number of ketones is 1. The number of carboxylic acids is 2. The van der Waals surface area contributed by atoms with E-state index in [1.54, 1.807) is 36.4 Å². The van der Waals surface area contributed by atoms with Crippen molar-refractivity contribution in [2.45, 2.75) is 44.9 Å². The molecule has 11 nitrogen and oxygen atoms in total. The first kappa shape index (κ1) is 27.2. The first-order valence-corrected chi connectivity index (χ1v) is 11.8. The number of carbonyl (C=O) groups is 4. The molecule has 37 heavy (non-hydrogen) atoms. The topological polar surface area (TPSA) is 192 Å². The molecule has 0 amide bonds. The minimum atomic E-state index is -1.20. The van der Waals surface area contributed by atoms with Gasteiger partial charge in [-0.05, 0) is 61.1 Å². The summed E-state index contributed by atoms with van der Waals surface area (Å²) in [4.78, 5) is 51.6. The van der Waals surface area contributed by atoms with Gasteiger partial charge >= 0.3 is 17.9 Å². The second-order valence-corrected chi connectivity index (χ2v) is 8.67. The van der Waals surface area contributed by atoms with Gasteiger partial charge in [0.25, 0.3) is 0 Å². The highest BCUT2D eigenvalue weighted by Gasteiger charge is 2.24. The van der Waals surface area contributed by atoms with Crippen molar-refractivity contribution in [1.29, 1.82) is 0 Å². The number of nitrogens with two attached hydrogens (primary N) is 2. The number of aliphatic imine (C=N–C) groups is 1. The van der Waals surface area contributed by atoms with E-state index in [2.05, 4.69) is 4.99 Å². The fraction of sp³-hybridized carbons (Fsp3) is 0.346. The number of hydrogen-bond acceptors (Lipinski definition) is 7. The lowest BCUT2D eigenvalue weighted by atomic mass is 9.94. The number of carboxylic acid groups (broad SMARTS) is 2. The summed E-state index contributed by atoms with van der Waals surface area (Å²) in [6, 6.07) is 9.97. The minimum absolute atomic E-state index is 0.0288. The predicted octanol–water partition coefficient (Wildman–Crippen LogP) is 2.59. The average Bonchev–Trinajstić information content (AvgIpc) is 2.83. The standard InChI is InChI=1S/C26H29N3O8/c27-26(28)29-18-8-10-20-16(13-18)4-2-12-36-23-15(3-1-5-21(23)37-25(20)35)6-9-19(30)14-17(24(33)34)7-11-22(31)32/h1,3,5,8,10,13,17H,2,4,6-7,9,11-12,14H2,(H,31,32)(H,33,34)(H4,27,28,29)/t17-/m1/s1. The second-order valence-electron chi connectivity index (χ2n) is 8.67. The molecule has 0 fully saturated rings. The summed E-state index contributed by atoms with van der Waals surface area (Å²) in [5.74, 6) is -3.79. The molecule has 1 aliphatic rings. The van der Waals surface area contributed by atoms with Crippen molar-refractivity contribution < 1.29 is 38.9 Å². The Balaban J connectivity index is 1.75. The van der Waals surface area contributed by atoms with E-state index < -0.39 is 23.8 Å². The van der Waals surface area contributed by atoms with Gasteiger partial charge in [0.05, 0.1) is 23.8 Å². The molecule has 196 valence electrons. The summed E-state index contributed by atoms with van der Waals surface area (Å²) < 4.78 is 11.6. The van der Waals surface area contributed by atoms with Crippen molar-refractivity contribution in [1.82, 2.24) is 0 Å². The average molecular weight is 512 g/mol. The van der Waals surface area contributed by atoms with Gasteiger partial charge in [-0.1, -0.05) is 12.1 Å². The molecule has 1 aliphatic heterocycles. The van der Waals surface area contributed by atoms with E-state index in [-0.39, 0.29) is 49.6 Å². The number of esters is 1. The summed E-state index contributed by atoms with van der Waals surface area (Å²) in [6.07, 6.45) is 0.666. The zero-order chi connectivity index (χ0) is 26.9. The molecule has 0 aliphatic carbocycles. The van der Waals surface area contributed by atoms with E-state index >= 15 is 0 Å². The Hall–Kier alpha value is -4.41. The van der Waals surface area contributed by atoms with Gasteiger partial charge in [0.1, 0.15) is 5.78 Å². The first-order chi connectivity index (χ1) is 17.6. The number of para-hydroxylation sites is 1. The third kappa shape index (κ3) is 7.79. The van der Waals surface area contributed by atoms with Crippen LogP contribution in [0.1, 0.15) is 53.6 Å². The number of hydrogen-bond donors (Lipinski definition) is 4. The smallest absolute Gasteiger partial charge is 0.343 e. The second kappa shape index (κ2) is 12.5. The number of nitrogens with zero attached hydrogens (tertiary/aromatic N) is 1. The molecule has 3 rings (SSSR count). The van der Waals surface area contributed by atoms with Gasteiger partial charge in [0.15, 0.2) is 17.5 Å². The van der Waals surface area contributed by atoms with Gasteiger partial charge in [0, 0.05) is 19.3 Å². The highest BCUT2D eigenvalue weighted by Crippen LogP contribution is 2.34. The number of carbonyl (C=O) groups excluding carboxylic acids is 2. The van der Waals surface area contributed by atoms with E-state index in [0.717, 1.165) is 5.56 Å². The van der Waals surface area contributed by atoms with E-state index in [9.17, 15) is 24.3 Å². The maximum atomic E-state index is 13.0. The number of guanidine groups is 1. The summed E-state index contributed by atoms with van der Waals surface area (Å²) in [7, 11) is 0. The van der Waals surface area contributed by atoms with Crippen LogP contribution in [0.3, 0.4) is 0 Å². The van der Waals surface area contributed by atoms with Crippen molar-refractivity contribution in [3.05, 3.63) is 53.1 Å². The number of Topliss-reactive ketones (excluding diaryl/α,β-unsaturated/α-hetero) is 1. The number of ether oxygens (including phenoxy) is 2. The Morgan fingerprint density at radius 2 is 1.86 bits per heavy atom. The predicted molar refractivity (Wildman–Crippen MR) is 133 cm³/mol. The Labute approximate surface area is 213 Å². The zero-order valence-electron chi connectivity index (χ0n) is 20.1. The summed E-state index contributed by atoms with van der Waals surface area (Å²) >= 11 is 0. The lowest BCUT2D eigenvalue weighted by Crippen LogP contribution is -2.22. The van der Waals surface area contributed by atoms with Crippen molar-refractivity contribution in [3.8, 4) is 11.5 Å². The summed E-state index contributed by atoms with van der Waals surface area (Å²) in [6.45, 7) is 0.317. The quantitative estimate of drug-likeness (QED) is 0.159. The molecule has 0 radical (unpaired) electrons. The van der Waals surface area contributed by atoms with Crippen LogP contribution in [0.25, 0.3) is 0 Å². The lowest BCUT2D eigenvalue weighted by molar-refractivity contribution is -0.145. The summed E-state index contributed by atoms with van der Waals surface area (Å²) in [5, 5.41) is 18.1. The van der Waals surface area contributed by atoms with E-state index in [4.69, 9.17) is 26.0 Å². The molecule has 2 aromatic rings. The third-order valence-corrected chi connectivity index (χ3v) is 5.87. The van der Waals surface area contributed by atoms with Crippen molar-refractivity contribution in [2.75, 3.05) is 6.61 Å².